The lowest BCUT2D eigenvalue weighted by molar-refractivity contribution is 0.0735. The lowest BCUT2D eigenvalue weighted by atomic mass is 9.77. The number of aromatic hydroxyl groups is 1. The van der Waals surface area contributed by atoms with Crippen molar-refractivity contribution in [2.24, 2.45) is 5.92 Å². The average molecular weight is 543 g/mol. The van der Waals surface area contributed by atoms with Gasteiger partial charge in [-0.1, -0.05) is 105 Å². The number of phenolic OH excluding ortho intramolecular Hbond substituents is 1. The van der Waals surface area contributed by atoms with Crippen LogP contribution in [-0.2, 0) is 0 Å². The topological polar surface area (TPSA) is 46.5 Å². The first kappa shape index (κ1) is 27.1. The molecule has 0 saturated heterocycles. The zero-order chi connectivity index (χ0) is 28.2. The van der Waals surface area contributed by atoms with E-state index in [0.717, 1.165) is 33.0 Å². The summed E-state index contributed by atoms with van der Waals surface area (Å²) in [7, 11) is 0. The second-order valence-corrected chi connectivity index (χ2v) is 11.6. The quantitative estimate of drug-likeness (QED) is 0.120. The van der Waals surface area contributed by atoms with Crippen LogP contribution >= 0.6 is 0 Å². The highest BCUT2D eigenvalue weighted by Crippen LogP contribution is 2.45. The van der Waals surface area contributed by atoms with E-state index in [1.54, 1.807) is 6.07 Å². The van der Waals surface area contributed by atoms with Crippen LogP contribution in [0.4, 0.5) is 0 Å². The van der Waals surface area contributed by atoms with Gasteiger partial charge in [0.1, 0.15) is 11.5 Å². The fourth-order valence-electron chi connectivity index (χ4n) is 6.63. The van der Waals surface area contributed by atoms with Crippen LogP contribution in [0.1, 0.15) is 80.1 Å². The minimum absolute atomic E-state index is 0.154. The summed E-state index contributed by atoms with van der Waals surface area (Å²) in [5, 5.41) is 14.9. The van der Waals surface area contributed by atoms with E-state index in [1.165, 1.54) is 56.9 Å². The molecule has 1 N–H and O–H groups in total. The van der Waals surface area contributed by atoms with Crippen molar-refractivity contribution in [1.29, 1.82) is 0 Å². The second kappa shape index (κ2) is 12.2. The number of benzene rings is 5. The van der Waals surface area contributed by atoms with Crippen LogP contribution in [0.5, 0.6) is 11.5 Å². The van der Waals surface area contributed by atoms with E-state index in [9.17, 15) is 9.90 Å². The maximum atomic E-state index is 13.5. The van der Waals surface area contributed by atoms with E-state index in [2.05, 4.69) is 19.1 Å². The third-order valence-corrected chi connectivity index (χ3v) is 8.93. The van der Waals surface area contributed by atoms with Gasteiger partial charge in [-0.2, -0.15) is 0 Å². The molecule has 0 unspecified atom stereocenters. The summed E-state index contributed by atoms with van der Waals surface area (Å²) in [6.07, 6.45) is 10.5. The predicted octanol–water partition coefficient (Wildman–Crippen LogP) is 10.4. The van der Waals surface area contributed by atoms with E-state index < -0.39 is 5.97 Å². The summed E-state index contributed by atoms with van der Waals surface area (Å²) in [5.41, 5.74) is 3.24. The number of hydrogen-bond acceptors (Lipinski definition) is 3. The summed E-state index contributed by atoms with van der Waals surface area (Å²) in [6, 6.07) is 31.4. The first-order chi connectivity index (χ1) is 20.1. The van der Waals surface area contributed by atoms with Gasteiger partial charge in [0.05, 0.1) is 5.56 Å². The van der Waals surface area contributed by atoms with Crippen molar-refractivity contribution in [2.75, 3.05) is 0 Å². The number of esters is 1. The number of rotatable bonds is 8. The number of fused-ring (bicyclic) bond motifs is 2. The Morgan fingerprint density at radius 2 is 1.37 bits per heavy atom. The van der Waals surface area contributed by atoms with Crippen molar-refractivity contribution < 1.29 is 14.6 Å². The van der Waals surface area contributed by atoms with Crippen molar-refractivity contribution in [3.8, 4) is 22.6 Å². The van der Waals surface area contributed by atoms with E-state index in [0.29, 0.717) is 22.8 Å². The second-order valence-electron chi connectivity index (χ2n) is 11.6. The molecule has 1 aliphatic rings. The van der Waals surface area contributed by atoms with Crippen LogP contribution in [0.3, 0.4) is 0 Å². The Labute approximate surface area is 242 Å². The molecule has 3 heteroatoms. The number of hydrogen-bond donors (Lipinski definition) is 1. The standard InChI is InChI=1S/C38H38O3/c1-2-3-4-9-26-14-16-27(17-15-26)28-18-20-31(21-19-28)38(40)41-35-25-23-30-11-6-8-13-33(30)37(35)36-32-12-7-5-10-29(32)22-24-34(36)39/h5-8,10-13,18-27,39H,2-4,9,14-17H2,1H3. The summed E-state index contributed by atoms with van der Waals surface area (Å²) in [5.74, 6) is 1.65. The van der Waals surface area contributed by atoms with Gasteiger partial charge in [-0.05, 0) is 88.9 Å². The molecule has 0 aromatic heterocycles. The largest absolute Gasteiger partial charge is 0.507 e. The molecule has 1 saturated carbocycles. The molecule has 208 valence electrons. The lowest BCUT2D eigenvalue weighted by Gasteiger charge is -2.29. The molecule has 0 amide bonds. The molecular formula is C38H38O3. The summed E-state index contributed by atoms with van der Waals surface area (Å²) < 4.78 is 6.09. The third-order valence-electron chi connectivity index (χ3n) is 8.93. The van der Waals surface area contributed by atoms with Crippen molar-refractivity contribution >= 4 is 27.5 Å². The monoisotopic (exact) mass is 542 g/mol. The van der Waals surface area contributed by atoms with Gasteiger partial charge in [0.25, 0.3) is 0 Å². The predicted molar refractivity (Wildman–Crippen MR) is 169 cm³/mol. The maximum Gasteiger partial charge on any atom is 0.343 e. The Balaban J connectivity index is 1.26. The molecule has 0 aliphatic heterocycles. The fraction of sp³-hybridized carbons (Fsp3) is 0.289. The van der Waals surface area contributed by atoms with Crippen LogP contribution in [0.15, 0.2) is 97.1 Å². The van der Waals surface area contributed by atoms with Crippen molar-refractivity contribution in [2.45, 2.75) is 64.2 Å². The summed E-state index contributed by atoms with van der Waals surface area (Å²) in [6.45, 7) is 2.27. The Kier molecular flexibility index (Phi) is 8.04. The van der Waals surface area contributed by atoms with Gasteiger partial charge in [0.15, 0.2) is 0 Å². The molecule has 3 nitrogen and oxygen atoms in total. The lowest BCUT2D eigenvalue weighted by Crippen LogP contribution is -2.14. The van der Waals surface area contributed by atoms with Crippen LogP contribution in [0, 0.1) is 5.92 Å². The zero-order valence-electron chi connectivity index (χ0n) is 23.8. The van der Waals surface area contributed by atoms with Gasteiger partial charge in [0, 0.05) is 11.1 Å². The minimum Gasteiger partial charge on any atom is -0.507 e. The van der Waals surface area contributed by atoms with Crippen LogP contribution in [0.2, 0.25) is 0 Å². The number of carbonyl (C=O) groups is 1. The highest BCUT2D eigenvalue weighted by atomic mass is 16.5. The minimum atomic E-state index is -0.396. The molecule has 5 aromatic carbocycles. The van der Waals surface area contributed by atoms with Crippen molar-refractivity contribution in [3.63, 3.8) is 0 Å². The summed E-state index contributed by atoms with van der Waals surface area (Å²) >= 11 is 0. The van der Waals surface area contributed by atoms with E-state index in [4.69, 9.17) is 4.74 Å². The van der Waals surface area contributed by atoms with Crippen LogP contribution in [0.25, 0.3) is 32.7 Å². The molecule has 0 radical (unpaired) electrons. The summed E-state index contributed by atoms with van der Waals surface area (Å²) in [4.78, 5) is 13.5. The molecular weight excluding hydrogens is 504 g/mol. The number of unbranched alkanes of at least 4 members (excludes halogenated alkanes) is 2. The first-order valence-electron chi connectivity index (χ1n) is 15.2. The highest BCUT2D eigenvalue weighted by molar-refractivity contribution is 6.10. The van der Waals surface area contributed by atoms with E-state index in [1.807, 2.05) is 78.9 Å². The highest BCUT2D eigenvalue weighted by Gasteiger charge is 2.23. The fourth-order valence-corrected chi connectivity index (χ4v) is 6.63. The Hall–Kier alpha value is -4.11. The molecule has 0 spiro atoms. The third kappa shape index (κ3) is 5.72. The normalized spacial score (nSPS) is 17.1. The Morgan fingerprint density at radius 1 is 0.732 bits per heavy atom. The molecule has 5 aromatic rings. The van der Waals surface area contributed by atoms with Gasteiger partial charge >= 0.3 is 5.97 Å². The van der Waals surface area contributed by atoms with Gasteiger partial charge in [-0.15, -0.1) is 0 Å². The molecule has 0 bridgehead atoms. The molecule has 1 aliphatic carbocycles. The Morgan fingerprint density at radius 3 is 2.05 bits per heavy atom. The van der Waals surface area contributed by atoms with Crippen LogP contribution < -0.4 is 4.74 Å². The SMILES string of the molecule is CCCCCC1CCC(c2ccc(C(=O)Oc3ccc4ccccc4c3-c3c(O)ccc4ccccc34)cc2)CC1. The first-order valence-corrected chi connectivity index (χ1v) is 15.2. The van der Waals surface area contributed by atoms with Gasteiger partial charge in [0.2, 0.25) is 0 Å². The van der Waals surface area contributed by atoms with Crippen LogP contribution in [-0.4, -0.2) is 11.1 Å². The maximum absolute atomic E-state index is 13.5. The Bertz CT molecular complexity index is 1660. The van der Waals surface area contributed by atoms with E-state index >= 15 is 0 Å². The van der Waals surface area contributed by atoms with Gasteiger partial charge < -0.3 is 9.84 Å². The molecule has 41 heavy (non-hydrogen) atoms. The number of carbonyl (C=O) groups excluding carboxylic acids is 1. The zero-order valence-corrected chi connectivity index (χ0v) is 23.8. The molecule has 1 fully saturated rings. The molecule has 0 atom stereocenters. The number of ether oxygens (including phenoxy) is 1. The average Bonchev–Trinajstić information content (AvgIpc) is 3.02. The molecule has 0 heterocycles. The van der Waals surface area contributed by atoms with E-state index in [-0.39, 0.29) is 5.75 Å². The van der Waals surface area contributed by atoms with Gasteiger partial charge in [-0.3, -0.25) is 0 Å². The van der Waals surface area contributed by atoms with Gasteiger partial charge in [-0.25, -0.2) is 4.79 Å². The number of phenols is 1. The van der Waals surface area contributed by atoms with Crippen molar-refractivity contribution in [3.05, 3.63) is 108 Å². The molecule has 6 rings (SSSR count). The van der Waals surface area contributed by atoms with Crippen molar-refractivity contribution in [1.82, 2.24) is 0 Å². The smallest absolute Gasteiger partial charge is 0.343 e.